The summed E-state index contributed by atoms with van der Waals surface area (Å²) < 4.78 is 16.3. The van der Waals surface area contributed by atoms with Gasteiger partial charge < -0.3 is 39.7 Å². The van der Waals surface area contributed by atoms with E-state index in [-0.39, 0.29) is 11.3 Å². The first-order valence-electron chi connectivity index (χ1n) is 9.48. The zero-order chi connectivity index (χ0) is 21.4. The minimum absolute atomic E-state index is 0.112. The number of aliphatic hydroxyl groups excluding tert-OH is 4. The Hall–Kier alpha value is -2.69. The third-order valence-corrected chi connectivity index (χ3v) is 5.34. The quantitative estimate of drug-likeness (QED) is 0.434. The van der Waals surface area contributed by atoms with Gasteiger partial charge in [0, 0.05) is 6.42 Å². The Labute approximate surface area is 171 Å². The second kappa shape index (κ2) is 8.21. The molecule has 2 aliphatic rings. The van der Waals surface area contributed by atoms with Gasteiger partial charge in [-0.2, -0.15) is 0 Å². The van der Waals surface area contributed by atoms with Crippen LogP contribution in [0.2, 0.25) is 0 Å². The molecular weight excluding hydrogens is 396 g/mol. The Morgan fingerprint density at radius 1 is 1.00 bits per heavy atom. The molecule has 30 heavy (non-hydrogen) atoms. The van der Waals surface area contributed by atoms with E-state index < -0.39 is 49.4 Å². The van der Waals surface area contributed by atoms with E-state index in [9.17, 15) is 30.3 Å². The van der Waals surface area contributed by atoms with Crippen molar-refractivity contribution in [3.63, 3.8) is 0 Å². The molecule has 160 valence electrons. The van der Waals surface area contributed by atoms with Crippen LogP contribution in [0.3, 0.4) is 0 Å². The molecule has 0 bridgehead atoms. The fourth-order valence-electron chi connectivity index (χ4n) is 3.67. The number of cyclic esters (lactones) is 1. The number of phenols is 1. The van der Waals surface area contributed by atoms with Gasteiger partial charge in [-0.3, -0.25) is 0 Å². The third-order valence-electron chi connectivity index (χ3n) is 5.34. The highest BCUT2D eigenvalue weighted by atomic mass is 16.7. The molecule has 0 unspecified atom stereocenters. The molecule has 5 N–H and O–H groups in total. The van der Waals surface area contributed by atoms with Crippen molar-refractivity contribution in [2.45, 2.75) is 43.2 Å². The van der Waals surface area contributed by atoms with Gasteiger partial charge in [0.25, 0.3) is 0 Å². The van der Waals surface area contributed by atoms with E-state index in [1.165, 1.54) is 6.07 Å². The normalized spacial score (nSPS) is 31.0. The number of fused-ring (bicyclic) bond motifs is 1. The molecule has 0 aromatic heterocycles. The largest absolute Gasteiger partial charge is 0.507 e. The Bertz CT molecular complexity index is 911. The van der Waals surface area contributed by atoms with Crippen LogP contribution in [0, 0.1) is 0 Å². The number of esters is 1. The van der Waals surface area contributed by atoms with Gasteiger partial charge >= 0.3 is 5.97 Å². The maximum Gasteiger partial charge on any atom is 0.342 e. The molecular formula is C21H22O9. The number of hydrogen-bond acceptors (Lipinski definition) is 9. The Morgan fingerprint density at radius 2 is 1.73 bits per heavy atom. The molecule has 9 heteroatoms. The highest BCUT2D eigenvalue weighted by Crippen LogP contribution is 2.35. The van der Waals surface area contributed by atoms with Gasteiger partial charge in [0.15, 0.2) is 0 Å². The van der Waals surface area contributed by atoms with E-state index in [0.717, 1.165) is 0 Å². The fourth-order valence-corrected chi connectivity index (χ4v) is 3.67. The average Bonchev–Trinajstić information content (AvgIpc) is 2.74. The van der Waals surface area contributed by atoms with Gasteiger partial charge in [-0.05, 0) is 29.3 Å². The number of carbonyl (C=O) groups is 1. The third kappa shape index (κ3) is 3.73. The van der Waals surface area contributed by atoms with Crippen LogP contribution in [-0.2, 0) is 15.9 Å². The molecule has 2 aromatic rings. The molecule has 2 heterocycles. The number of hydrogen-bond donors (Lipinski definition) is 5. The van der Waals surface area contributed by atoms with Crippen molar-refractivity contribution in [2.75, 3.05) is 6.61 Å². The predicted molar refractivity (Wildman–Crippen MR) is 101 cm³/mol. The van der Waals surface area contributed by atoms with Crippen molar-refractivity contribution in [2.24, 2.45) is 0 Å². The number of ether oxygens (including phenoxy) is 3. The topological polar surface area (TPSA) is 146 Å². The summed E-state index contributed by atoms with van der Waals surface area (Å²) in [6.45, 7) is -0.548. The lowest BCUT2D eigenvalue weighted by molar-refractivity contribution is -0.277. The van der Waals surface area contributed by atoms with Crippen LogP contribution in [0.5, 0.6) is 11.5 Å². The van der Waals surface area contributed by atoms with Crippen LogP contribution >= 0.6 is 0 Å². The van der Waals surface area contributed by atoms with Gasteiger partial charge in [0.05, 0.1) is 6.61 Å². The van der Waals surface area contributed by atoms with Gasteiger partial charge in [-0.15, -0.1) is 0 Å². The van der Waals surface area contributed by atoms with Crippen LogP contribution in [0.15, 0.2) is 42.5 Å². The molecule has 2 aromatic carbocycles. The van der Waals surface area contributed by atoms with E-state index in [1.807, 2.05) is 0 Å². The summed E-state index contributed by atoms with van der Waals surface area (Å²) in [6.07, 6.45) is -6.98. The first-order valence-corrected chi connectivity index (χ1v) is 9.48. The number of benzene rings is 2. The lowest BCUT2D eigenvalue weighted by Crippen LogP contribution is -2.60. The summed E-state index contributed by atoms with van der Waals surface area (Å²) >= 11 is 0. The second-order valence-corrected chi connectivity index (χ2v) is 7.29. The van der Waals surface area contributed by atoms with E-state index in [1.54, 1.807) is 36.4 Å². The van der Waals surface area contributed by atoms with E-state index in [0.29, 0.717) is 23.3 Å². The number of phenolic OH excluding ortho intramolecular Hbond substituents is 1. The monoisotopic (exact) mass is 418 g/mol. The molecule has 0 radical (unpaired) electrons. The summed E-state index contributed by atoms with van der Waals surface area (Å²) in [5, 5.41) is 48.9. The van der Waals surface area contributed by atoms with Crippen molar-refractivity contribution in [1.82, 2.24) is 0 Å². The van der Waals surface area contributed by atoms with Crippen molar-refractivity contribution >= 4 is 5.97 Å². The summed E-state index contributed by atoms with van der Waals surface area (Å²) in [7, 11) is 0. The van der Waals surface area contributed by atoms with Crippen LogP contribution in [0.1, 0.15) is 27.6 Å². The number of aliphatic hydroxyl groups is 4. The van der Waals surface area contributed by atoms with Gasteiger partial charge in [-0.25, -0.2) is 4.79 Å². The summed E-state index contributed by atoms with van der Waals surface area (Å²) in [6, 6.07) is 11.4. The van der Waals surface area contributed by atoms with Crippen LogP contribution in [0.4, 0.5) is 0 Å². The molecule has 0 saturated carbocycles. The standard InChI is InChI=1S/C21H22O9/c22-9-15-17(24)18(25)19(26)21(30-15)28-12-6-4-10(5-7-12)14-8-11-2-1-3-13(23)16(11)20(27)29-14/h1-7,14-15,17-19,21-26H,8-9H2/t14-,15-,17-,18+,19-,21-/m1/s1. The zero-order valence-corrected chi connectivity index (χ0v) is 15.8. The zero-order valence-electron chi connectivity index (χ0n) is 15.8. The lowest BCUT2D eigenvalue weighted by atomic mass is 9.94. The summed E-state index contributed by atoms with van der Waals surface area (Å²) in [4.78, 5) is 12.3. The average molecular weight is 418 g/mol. The molecule has 0 spiro atoms. The minimum Gasteiger partial charge on any atom is -0.507 e. The smallest absolute Gasteiger partial charge is 0.342 e. The summed E-state index contributed by atoms with van der Waals surface area (Å²) in [5.41, 5.74) is 1.58. The van der Waals surface area contributed by atoms with Crippen molar-refractivity contribution in [3.8, 4) is 11.5 Å². The highest BCUT2D eigenvalue weighted by Gasteiger charge is 2.44. The Balaban J connectivity index is 1.47. The van der Waals surface area contributed by atoms with E-state index in [2.05, 4.69) is 0 Å². The van der Waals surface area contributed by atoms with Crippen molar-refractivity contribution in [3.05, 3.63) is 59.2 Å². The first-order chi connectivity index (χ1) is 14.4. The Morgan fingerprint density at radius 3 is 2.43 bits per heavy atom. The Kier molecular flexibility index (Phi) is 5.63. The maximum atomic E-state index is 12.3. The number of aromatic hydroxyl groups is 1. The first kappa shape index (κ1) is 20.6. The molecule has 2 aliphatic heterocycles. The minimum atomic E-state index is -1.53. The number of carbonyl (C=O) groups excluding carboxylic acids is 1. The lowest BCUT2D eigenvalue weighted by Gasteiger charge is -2.39. The summed E-state index contributed by atoms with van der Waals surface area (Å²) in [5.74, 6) is -0.400. The van der Waals surface area contributed by atoms with E-state index in [4.69, 9.17) is 14.2 Å². The second-order valence-electron chi connectivity index (χ2n) is 7.29. The van der Waals surface area contributed by atoms with Gasteiger partial charge in [-0.1, -0.05) is 24.3 Å². The molecule has 0 amide bonds. The van der Waals surface area contributed by atoms with Crippen molar-refractivity contribution in [1.29, 1.82) is 0 Å². The van der Waals surface area contributed by atoms with Crippen LogP contribution in [-0.4, -0.2) is 68.8 Å². The fraction of sp³-hybridized carbons (Fsp3) is 0.381. The number of rotatable bonds is 4. The molecule has 9 nitrogen and oxygen atoms in total. The molecule has 4 rings (SSSR count). The molecule has 6 atom stereocenters. The SMILES string of the molecule is O=C1O[C@@H](c2ccc(O[C@@H]3O[C@H](CO)[C@@H](O)[C@H](O)[C@H]3O)cc2)Cc2cccc(O)c21. The van der Waals surface area contributed by atoms with Gasteiger partial charge in [0.2, 0.25) is 6.29 Å². The van der Waals surface area contributed by atoms with E-state index >= 15 is 0 Å². The van der Waals surface area contributed by atoms with Crippen molar-refractivity contribution < 1.29 is 44.5 Å². The maximum absolute atomic E-state index is 12.3. The molecule has 0 aliphatic carbocycles. The highest BCUT2D eigenvalue weighted by molar-refractivity contribution is 5.95. The van der Waals surface area contributed by atoms with Gasteiger partial charge in [0.1, 0.15) is 47.6 Å². The van der Waals surface area contributed by atoms with Crippen LogP contribution < -0.4 is 4.74 Å². The predicted octanol–water partition coefficient (Wildman–Crippen LogP) is 0.0251. The molecule has 1 fully saturated rings. The van der Waals surface area contributed by atoms with Crippen LogP contribution in [0.25, 0.3) is 0 Å². The molecule has 1 saturated heterocycles.